The van der Waals surface area contributed by atoms with Crippen LogP contribution in [0.3, 0.4) is 0 Å². The van der Waals surface area contributed by atoms with E-state index in [4.69, 9.17) is 4.74 Å². The lowest BCUT2D eigenvalue weighted by atomic mass is 10.1. The van der Waals surface area contributed by atoms with Gasteiger partial charge in [0.05, 0.1) is 17.7 Å². The van der Waals surface area contributed by atoms with Crippen LogP contribution in [0.4, 0.5) is 5.69 Å². The van der Waals surface area contributed by atoms with Gasteiger partial charge in [-0.05, 0) is 55.7 Å². The minimum atomic E-state index is -4.13. The fourth-order valence-electron chi connectivity index (χ4n) is 4.19. The number of aryl methyl sites for hydroxylation is 2. The minimum absolute atomic E-state index is 0.0579. The van der Waals surface area contributed by atoms with E-state index in [2.05, 4.69) is 5.32 Å². The lowest BCUT2D eigenvalue weighted by molar-refractivity contribution is -0.140. The molecular weight excluding hydrogens is 502 g/mol. The van der Waals surface area contributed by atoms with Crippen LogP contribution in [0.2, 0.25) is 0 Å². The Morgan fingerprint density at radius 3 is 2.26 bits per heavy atom. The Labute approximate surface area is 225 Å². The molecule has 1 atom stereocenters. The van der Waals surface area contributed by atoms with Crippen LogP contribution in [0.1, 0.15) is 30.0 Å². The molecule has 1 unspecified atom stereocenters. The van der Waals surface area contributed by atoms with Crippen molar-refractivity contribution in [2.24, 2.45) is 0 Å². The van der Waals surface area contributed by atoms with E-state index in [0.29, 0.717) is 12.2 Å². The van der Waals surface area contributed by atoms with Crippen molar-refractivity contribution in [3.8, 4) is 5.75 Å². The summed E-state index contributed by atoms with van der Waals surface area (Å²) in [5.41, 5.74) is 3.03. The first kappa shape index (κ1) is 28.7. The van der Waals surface area contributed by atoms with Gasteiger partial charge in [0, 0.05) is 19.7 Å². The number of carbonyl (C=O) groups is 2. The fraction of sp³-hybridized carbons (Fsp3) is 0.310. The molecule has 0 radical (unpaired) electrons. The average molecular weight is 538 g/mol. The third-order valence-corrected chi connectivity index (χ3v) is 8.25. The largest absolute Gasteiger partial charge is 0.497 e. The molecule has 8 nitrogen and oxygen atoms in total. The van der Waals surface area contributed by atoms with Crippen LogP contribution >= 0.6 is 0 Å². The number of anilines is 1. The van der Waals surface area contributed by atoms with E-state index in [1.54, 1.807) is 36.4 Å². The molecule has 0 fully saturated rings. The molecule has 3 rings (SSSR count). The summed E-state index contributed by atoms with van der Waals surface area (Å²) in [6.45, 7) is 5.29. The molecule has 2 amide bonds. The monoisotopic (exact) mass is 537 g/mol. The van der Waals surface area contributed by atoms with Gasteiger partial charge in [-0.1, -0.05) is 55.0 Å². The Hall–Kier alpha value is -3.85. The third kappa shape index (κ3) is 6.52. The van der Waals surface area contributed by atoms with Gasteiger partial charge in [0.25, 0.3) is 10.0 Å². The Morgan fingerprint density at radius 2 is 1.66 bits per heavy atom. The Kier molecular flexibility index (Phi) is 9.52. The standard InChI is InChI=1S/C29H35N3O5S/c1-6-27(29(34)30-4)31(19-23-11-8-7-10-22(23)3)28(33)20-32(24-12-9-13-25(18-24)37-5)38(35,36)26-16-14-21(2)15-17-26/h7-18,27H,6,19-20H2,1-5H3,(H,30,34). The molecule has 0 aliphatic rings. The fourth-order valence-corrected chi connectivity index (χ4v) is 5.59. The number of methoxy groups -OCH3 is 1. The van der Waals surface area contributed by atoms with Gasteiger partial charge in [0.1, 0.15) is 18.3 Å². The molecule has 0 spiro atoms. The number of amides is 2. The third-order valence-electron chi connectivity index (χ3n) is 6.46. The molecule has 0 aliphatic carbocycles. The number of nitrogens with one attached hydrogen (secondary N) is 1. The van der Waals surface area contributed by atoms with E-state index in [9.17, 15) is 18.0 Å². The van der Waals surface area contributed by atoms with E-state index >= 15 is 0 Å². The lowest BCUT2D eigenvalue weighted by Crippen LogP contribution is -2.51. The highest BCUT2D eigenvalue weighted by Gasteiger charge is 2.33. The van der Waals surface area contributed by atoms with E-state index in [1.807, 2.05) is 45.0 Å². The van der Waals surface area contributed by atoms with Crippen LogP contribution < -0.4 is 14.4 Å². The number of hydrogen-bond acceptors (Lipinski definition) is 5. The van der Waals surface area contributed by atoms with Gasteiger partial charge >= 0.3 is 0 Å². The van der Waals surface area contributed by atoms with Crippen molar-refractivity contribution >= 4 is 27.5 Å². The summed E-state index contributed by atoms with van der Waals surface area (Å²) in [4.78, 5) is 28.3. The van der Waals surface area contributed by atoms with Crippen LogP contribution in [-0.4, -0.2) is 51.9 Å². The molecule has 1 N–H and O–H groups in total. The van der Waals surface area contributed by atoms with Gasteiger partial charge in [-0.3, -0.25) is 13.9 Å². The number of nitrogens with zero attached hydrogens (tertiary/aromatic N) is 2. The maximum absolute atomic E-state index is 14.0. The summed E-state index contributed by atoms with van der Waals surface area (Å²) in [6, 6.07) is 19.8. The Bertz CT molecular complexity index is 1370. The molecule has 0 aliphatic heterocycles. The van der Waals surface area contributed by atoms with Crippen LogP contribution in [0.5, 0.6) is 5.75 Å². The van der Waals surface area contributed by atoms with Crippen molar-refractivity contribution in [2.45, 2.75) is 44.7 Å². The maximum Gasteiger partial charge on any atom is 0.264 e. The number of likely N-dealkylation sites (N-methyl/N-ethyl adjacent to an activating group) is 1. The zero-order valence-electron chi connectivity index (χ0n) is 22.5. The number of ether oxygens (including phenoxy) is 1. The number of carbonyl (C=O) groups excluding carboxylic acids is 2. The summed E-state index contributed by atoms with van der Waals surface area (Å²) >= 11 is 0. The van der Waals surface area contributed by atoms with Crippen LogP contribution in [-0.2, 0) is 26.2 Å². The smallest absolute Gasteiger partial charge is 0.264 e. The minimum Gasteiger partial charge on any atom is -0.497 e. The highest BCUT2D eigenvalue weighted by atomic mass is 32.2. The second kappa shape index (κ2) is 12.6. The predicted molar refractivity (Wildman–Crippen MR) is 149 cm³/mol. The zero-order chi connectivity index (χ0) is 27.9. The molecular formula is C29H35N3O5S. The van der Waals surface area contributed by atoms with E-state index in [0.717, 1.165) is 21.0 Å². The van der Waals surface area contributed by atoms with Crippen LogP contribution in [0.15, 0.2) is 77.7 Å². The molecule has 0 saturated carbocycles. The summed E-state index contributed by atoms with van der Waals surface area (Å²) in [6.07, 6.45) is 0.362. The quantitative estimate of drug-likeness (QED) is 0.398. The molecule has 38 heavy (non-hydrogen) atoms. The van der Waals surface area contributed by atoms with Crippen LogP contribution in [0, 0.1) is 13.8 Å². The summed E-state index contributed by atoms with van der Waals surface area (Å²) < 4.78 is 34.1. The van der Waals surface area contributed by atoms with Crippen molar-refractivity contribution in [3.05, 3.63) is 89.5 Å². The summed E-state index contributed by atoms with van der Waals surface area (Å²) in [5.74, 6) is -0.362. The Morgan fingerprint density at radius 1 is 0.974 bits per heavy atom. The summed E-state index contributed by atoms with van der Waals surface area (Å²) in [5, 5.41) is 2.63. The number of benzene rings is 3. The zero-order valence-corrected chi connectivity index (χ0v) is 23.3. The van der Waals surface area contributed by atoms with Gasteiger partial charge in [-0.2, -0.15) is 0 Å². The molecule has 3 aromatic rings. The molecule has 0 saturated heterocycles. The SMILES string of the molecule is CCC(C(=O)NC)N(Cc1ccccc1C)C(=O)CN(c1cccc(OC)c1)S(=O)(=O)c1ccc(C)cc1. The summed E-state index contributed by atoms with van der Waals surface area (Å²) in [7, 11) is -1.13. The van der Waals surface area contributed by atoms with Crippen molar-refractivity contribution in [1.82, 2.24) is 10.2 Å². The first-order valence-corrected chi connectivity index (χ1v) is 13.8. The second-order valence-electron chi connectivity index (χ2n) is 9.01. The molecule has 9 heteroatoms. The normalized spacial score (nSPS) is 11.9. The number of rotatable bonds is 11. The van der Waals surface area contributed by atoms with Gasteiger partial charge in [0.2, 0.25) is 11.8 Å². The topological polar surface area (TPSA) is 96.0 Å². The van der Waals surface area contributed by atoms with Gasteiger partial charge in [-0.15, -0.1) is 0 Å². The maximum atomic E-state index is 14.0. The van der Waals surface area contributed by atoms with E-state index < -0.39 is 28.5 Å². The number of sulfonamides is 1. The molecule has 0 heterocycles. The van der Waals surface area contributed by atoms with E-state index in [-0.39, 0.29) is 23.0 Å². The first-order valence-electron chi connectivity index (χ1n) is 12.4. The predicted octanol–water partition coefficient (Wildman–Crippen LogP) is 4.06. The van der Waals surface area contributed by atoms with Gasteiger partial charge in [0.15, 0.2) is 0 Å². The Balaban J connectivity index is 2.09. The van der Waals surface area contributed by atoms with Gasteiger partial charge in [-0.25, -0.2) is 8.42 Å². The molecule has 3 aromatic carbocycles. The second-order valence-corrected chi connectivity index (χ2v) is 10.9. The van der Waals surface area contributed by atoms with E-state index in [1.165, 1.54) is 31.2 Å². The highest BCUT2D eigenvalue weighted by molar-refractivity contribution is 7.92. The van der Waals surface area contributed by atoms with Crippen molar-refractivity contribution in [3.63, 3.8) is 0 Å². The molecule has 0 bridgehead atoms. The van der Waals surface area contributed by atoms with Crippen molar-refractivity contribution in [1.29, 1.82) is 0 Å². The molecule has 0 aromatic heterocycles. The van der Waals surface area contributed by atoms with Crippen LogP contribution in [0.25, 0.3) is 0 Å². The van der Waals surface area contributed by atoms with Crippen molar-refractivity contribution < 1.29 is 22.7 Å². The highest BCUT2D eigenvalue weighted by Crippen LogP contribution is 2.28. The van der Waals surface area contributed by atoms with Gasteiger partial charge < -0.3 is 15.0 Å². The average Bonchev–Trinajstić information content (AvgIpc) is 2.92. The number of hydrogen-bond donors (Lipinski definition) is 1. The first-order chi connectivity index (χ1) is 18.1. The van der Waals surface area contributed by atoms with Crippen molar-refractivity contribution in [2.75, 3.05) is 25.0 Å². The lowest BCUT2D eigenvalue weighted by Gasteiger charge is -2.33. The molecule has 202 valence electrons.